The summed E-state index contributed by atoms with van der Waals surface area (Å²) in [5.41, 5.74) is 1.01. The van der Waals surface area contributed by atoms with Gasteiger partial charge in [-0.2, -0.15) is 0 Å². The van der Waals surface area contributed by atoms with Gasteiger partial charge in [-0.3, -0.25) is 0 Å². The zero-order valence-electron chi connectivity index (χ0n) is 14.4. The molecule has 2 unspecified atom stereocenters. The van der Waals surface area contributed by atoms with Gasteiger partial charge >= 0.3 is 6.03 Å². The fourth-order valence-electron chi connectivity index (χ4n) is 3.53. The van der Waals surface area contributed by atoms with E-state index in [1.54, 1.807) is 6.92 Å². The van der Waals surface area contributed by atoms with E-state index in [-0.39, 0.29) is 18.1 Å². The van der Waals surface area contributed by atoms with Crippen molar-refractivity contribution in [2.24, 2.45) is 5.92 Å². The van der Waals surface area contributed by atoms with E-state index in [4.69, 9.17) is 0 Å². The number of hydrogen-bond acceptors (Lipinski definition) is 4. The number of carbonyl (C=O) groups is 1. The molecule has 6 nitrogen and oxygen atoms in total. The van der Waals surface area contributed by atoms with Crippen LogP contribution in [0, 0.1) is 5.92 Å². The molecule has 0 aliphatic carbocycles. The van der Waals surface area contributed by atoms with Crippen molar-refractivity contribution in [3.63, 3.8) is 0 Å². The smallest absolute Gasteiger partial charge is 0.317 e. The Balaban J connectivity index is 1.48. The van der Waals surface area contributed by atoms with E-state index in [1.807, 2.05) is 23.2 Å². The third-order valence-electron chi connectivity index (χ3n) is 5.11. The largest absolute Gasteiger partial charge is 0.393 e. The summed E-state index contributed by atoms with van der Waals surface area (Å²) in [6, 6.07) is 4.02. The van der Waals surface area contributed by atoms with Gasteiger partial charge in [0.25, 0.3) is 0 Å². The maximum atomic E-state index is 12.3. The van der Waals surface area contributed by atoms with Crippen molar-refractivity contribution >= 4 is 11.8 Å². The number of anilines is 1. The molecule has 2 fully saturated rings. The minimum Gasteiger partial charge on any atom is -0.393 e. The number of rotatable bonds is 4. The number of aliphatic hydroxyl groups is 1. The first-order chi connectivity index (χ1) is 11.6. The average molecular weight is 332 g/mol. The molecule has 2 aliphatic rings. The van der Waals surface area contributed by atoms with Gasteiger partial charge in [-0.25, -0.2) is 9.78 Å². The summed E-state index contributed by atoms with van der Waals surface area (Å²) in [7, 11) is 0. The normalized spacial score (nSPS) is 22.5. The number of pyridine rings is 1. The van der Waals surface area contributed by atoms with Crippen molar-refractivity contribution in [3.05, 3.63) is 23.9 Å². The Labute approximate surface area is 143 Å². The maximum absolute atomic E-state index is 12.3. The first-order valence-corrected chi connectivity index (χ1v) is 9.04. The molecule has 2 amide bonds. The molecule has 6 heteroatoms. The summed E-state index contributed by atoms with van der Waals surface area (Å²) < 4.78 is 0. The molecule has 132 valence electrons. The van der Waals surface area contributed by atoms with Crippen LogP contribution in [0.15, 0.2) is 18.3 Å². The third-order valence-corrected chi connectivity index (χ3v) is 5.11. The minimum absolute atomic E-state index is 0.0519. The quantitative estimate of drug-likeness (QED) is 0.885. The Kier molecular flexibility index (Phi) is 5.56. The van der Waals surface area contributed by atoms with Gasteiger partial charge in [-0.05, 0) is 44.2 Å². The van der Waals surface area contributed by atoms with Gasteiger partial charge in [0.1, 0.15) is 5.82 Å². The molecule has 3 heterocycles. The van der Waals surface area contributed by atoms with E-state index in [0.717, 1.165) is 43.9 Å². The predicted octanol–water partition coefficient (Wildman–Crippen LogP) is 1.98. The number of nitrogens with zero attached hydrogens (tertiary/aromatic N) is 3. The van der Waals surface area contributed by atoms with Gasteiger partial charge < -0.3 is 20.2 Å². The number of carbonyl (C=O) groups excluding carboxylic acids is 1. The van der Waals surface area contributed by atoms with Crippen LogP contribution in [0.5, 0.6) is 0 Å². The first-order valence-electron chi connectivity index (χ1n) is 9.04. The summed E-state index contributed by atoms with van der Waals surface area (Å²) in [5, 5.41) is 12.7. The highest BCUT2D eigenvalue weighted by Crippen LogP contribution is 2.20. The number of hydrogen-bond donors (Lipinski definition) is 2. The Hall–Kier alpha value is -1.82. The summed E-state index contributed by atoms with van der Waals surface area (Å²) in [6.07, 6.45) is 5.91. The van der Waals surface area contributed by atoms with Crippen molar-refractivity contribution in [1.29, 1.82) is 0 Å². The Morgan fingerprint density at radius 1 is 1.33 bits per heavy atom. The standard InChI is InChI=1S/C18H28N4O2/c1-14(23)16-5-4-10-22(13-16)18(24)20-12-15-6-7-17(19-11-15)21-8-2-3-9-21/h6-7,11,14,16,23H,2-5,8-10,12-13H2,1H3,(H,20,24). The van der Waals surface area contributed by atoms with Crippen LogP contribution < -0.4 is 10.2 Å². The Morgan fingerprint density at radius 3 is 2.79 bits per heavy atom. The van der Waals surface area contributed by atoms with Gasteiger partial charge in [0, 0.05) is 44.8 Å². The van der Waals surface area contributed by atoms with E-state index in [1.165, 1.54) is 12.8 Å². The minimum atomic E-state index is -0.358. The molecule has 3 rings (SSSR count). The predicted molar refractivity (Wildman–Crippen MR) is 93.9 cm³/mol. The highest BCUT2D eigenvalue weighted by Gasteiger charge is 2.26. The molecule has 2 atom stereocenters. The van der Waals surface area contributed by atoms with Crippen molar-refractivity contribution in [3.8, 4) is 0 Å². The second kappa shape index (κ2) is 7.83. The molecule has 1 aromatic heterocycles. The number of aromatic nitrogens is 1. The van der Waals surface area contributed by atoms with Crippen LogP contribution in [-0.2, 0) is 6.54 Å². The van der Waals surface area contributed by atoms with Gasteiger partial charge in [0.2, 0.25) is 0 Å². The fourth-order valence-corrected chi connectivity index (χ4v) is 3.53. The van der Waals surface area contributed by atoms with E-state index >= 15 is 0 Å². The number of nitrogens with one attached hydrogen (secondary N) is 1. The van der Waals surface area contributed by atoms with Crippen LogP contribution in [0.3, 0.4) is 0 Å². The lowest BCUT2D eigenvalue weighted by atomic mass is 9.94. The summed E-state index contributed by atoms with van der Waals surface area (Å²) in [5.74, 6) is 1.21. The van der Waals surface area contributed by atoms with Crippen LogP contribution in [0.25, 0.3) is 0 Å². The maximum Gasteiger partial charge on any atom is 0.317 e. The Morgan fingerprint density at radius 2 is 2.12 bits per heavy atom. The second-order valence-electron chi connectivity index (χ2n) is 6.97. The van der Waals surface area contributed by atoms with Crippen LogP contribution in [0.1, 0.15) is 38.2 Å². The number of urea groups is 1. The lowest BCUT2D eigenvalue weighted by Crippen LogP contribution is -2.47. The lowest BCUT2D eigenvalue weighted by Gasteiger charge is -2.34. The molecular formula is C18H28N4O2. The van der Waals surface area contributed by atoms with E-state index in [0.29, 0.717) is 13.1 Å². The highest BCUT2D eigenvalue weighted by molar-refractivity contribution is 5.74. The van der Waals surface area contributed by atoms with Crippen molar-refractivity contribution in [1.82, 2.24) is 15.2 Å². The van der Waals surface area contributed by atoms with E-state index in [9.17, 15) is 9.90 Å². The molecule has 0 spiro atoms. The topological polar surface area (TPSA) is 68.7 Å². The second-order valence-corrected chi connectivity index (χ2v) is 6.97. The summed E-state index contributed by atoms with van der Waals surface area (Å²) in [6.45, 7) is 5.86. The summed E-state index contributed by atoms with van der Waals surface area (Å²) in [4.78, 5) is 20.9. The molecule has 0 bridgehead atoms. The SMILES string of the molecule is CC(O)C1CCCN(C(=O)NCc2ccc(N3CCCC3)nc2)C1. The van der Waals surface area contributed by atoms with Gasteiger partial charge in [-0.1, -0.05) is 6.07 Å². The molecule has 24 heavy (non-hydrogen) atoms. The van der Waals surface area contributed by atoms with Crippen LogP contribution in [-0.4, -0.2) is 53.3 Å². The number of aliphatic hydroxyl groups excluding tert-OH is 1. The zero-order chi connectivity index (χ0) is 16.9. The Bertz CT molecular complexity index is 540. The molecular weight excluding hydrogens is 304 g/mol. The molecule has 2 aliphatic heterocycles. The number of amides is 2. The molecule has 0 aromatic carbocycles. The number of piperidine rings is 1. The van der Waals surface area contributed by atoms with Crippen LogP contribution in [0.2, 0.25) is 0 Å². The van der Waals surface area contributed by atoms with E-state index in [2.05, 4.69) is 15.2 Å². The lowest BCUT2D eigenvalue weighted by molar-refractivity contribution is 0.0738. The van der Waals surface area contributed by atoms with Crippen LogP contribution in [0.4, 0.5) is 10.6 Å². The van der Waals surface area contributed by atoms with Gasteiger partial charge in [0.15, 0.2) is 0 Å². The number of likely N-dealkylation sites (tertiary alicyclic amines) is 1. The van der Waals surface area contributed by atoms with Crippen molar-refractivity contribution in [2.45, 2.75) is 45.3 Å². The van der Waals surface area contributed by atoms with Crippen LogP contribution >= 0.6 is 0 Å². The molecule has 2 saturated heterocycles. The van der Waals surface area contributed by atoms with Gasteiger partial charge in [-0.15, -0.1) is 0 Å². The molecule has 0 saturated carbocycles. The van der Waals surface area contributed by atoms with Crippen molar-refractivity contribution in [2.75, 3.05) is 31.1 Å². The van der Waals surface area contributed by atoms with Gasteiger partial charge in [0.05, 0.1) is 6.10 Å². The zero-order valence-corrected chi connectivity index (χ0v) is 14.4. The molecule has 0 radical (unpaired) electrons. The van der Waals surface area contributed by atoms with E-state index < -0.39 is 0 Å². The van der Waals surface area contributed by atoms with Crippen molar-refractivity contribution < 1.29 is 9.90 Å². The summed E-state index contributed by atoms with van der Waals surface area (Å²) >= 11 is 0. The fraction of sp³-hybridized carbons (Fsp3) is 0.667. The monoisotopic (exact) mass is 332 g/mol. The first kappa shape index (κ1) is 17.0. The highest BCUT2D eigenvalue weighted by atomic mass is 16.3. The average Bonchev–Trinajstić information content (AvgIpc) is 3.15. The molecule has 1 aromatic rings. The third kappa shape index (κ3) is 4.17. The molecule has 2 N–H and O–H groups in total.